The molecule has 5 nitrogen and oxygen atoms in total. The minimum atomic E-state index is -0.143. The van der Waals surface area contributed by atoms with Crippen LogP contribution >= 0.6 is 11.6 Å². The van der Waals surface area contributed by atoms with E-state index in [4.69, 9.17) is 16.3 Å². The van der Waals surface area contributed by atoms with Crippen LogP contribution in [0.2, 0.25) is 5.02 Å². The molecule has 0 bridgehead atoms. The van der Waals surface area contributed by atoms with Gasteiger partial charge >= 0.3 is 0 Å². The van der Waals surface area contributed by atoms with E-state index in [0.717, 1.165) is 5.56 Å². The monoisotopic (exact) mass is 374 g/mol. The van der Waals surface area contributed by atoms with Crippen molar-refractivity contribution in [1.82, 2.24) is 9.80 Å². The molecule has 0 heterocycles. The van der Waals surface area contributed by atoms with Gasteiger partial charge in [-0.25, -0.2) is 0 Å². The molecule has 1 atom stereocenters. The summed E-state index contributed by atoms with van der Waals surface area (Å²) in [6.45, 7) is 1.89. The molecule has 0 saturated carbocycles. The highest BCUT2D eigenvalue weighted by molar-refractivity contribution is 6.30. The van der Waals surface area contributed by atoms with Crippen LogP contribution in [-0.4, -0.2) is 49.4 Å². The fraction of sp³-hybridized carbons (Fsp3) is 0.300. The number of likely N-dealkylation sites (N-methyl/N-ethyl adjacent to an activating group) is 1. The number of carbonyl (C=O) groups is 2. The van der Waals surface area contributed by atoms with E-state index in [0.29, 0.717) is 16.3 Å². The third-order valence-electron chi connectivity index (χ3n) is 4.20. The molecular weight excluding hydrogens is 352 g/mol. The largest absolute Gasteiger partial charge is 0.484 e. The molecule has 26 heavy (non-hydrogen) atoms. The van der Waals surface area contributed by atoms with Crippen LogP contribution in [0.5, 0.6) is 5.75 Å². The highest BCUT2D eigenvalue weighted by atomic mass is 35.5. The van der Waals surface area contributed by atoms with Crippen molar-refractivity contribution >= 4 is 23.4 Å². The second-order valence-corrected chi connectivity index (χ2v) is 6.68. The molecule has 0 N–H and O–H groups in total. The van der Waals surface area contributed by atoms with Gasteiger partial charge in [0, 0.05) is 31.7 Å². The zero-order valence-electron chi connectivity index (χ0n) is 15.4. The molecule has 0 aliphatic carbocycles. The van der Waals surface area contributed by atoms with Gasteiger partial charge in [0.2, 0.25) is 0 Å². The Balaban J connectivity index is 2.09. The van der Waals surface area contributed by atoms with E-state index in [-0.39, 0.29) is 24.5 Å². The highest BCUT2D eigenvalue weighted by Crippen LogP contribution is 2.23. The van der Waals surface area contributed by atoms with E-state index in [9.17, 15) is 9.59 Å². The summed E-state index contributed by atoms with van der Waals surface area (Å²) in [6.07, 6.45) is 0. The van der Waals surface area contributed by atoms with Crippen molar-refractivity contribution in [3.05, 3.63) is 64.7 Å². The van der Waals surface area contributed by atoms with Crippen LogP contribution in [0, 0.1) is 0 Å². The lowest BCUT2D eigenvalue weighted by Crippen LogP contribution is -2.30. The van der Waals surface area contributed by atoms with E-state index < -0.39 is 0 Å². The lowest BCUT2D eigenvalue weighted by Gasteiger charge is -2.25. The number of nitrogens with zero attached hydrogens (tertiary/aromatic N) is 2. The summed E-state index contributed by atoms with van der Waals surface area (Å²) in [5, 5.41) is 0.659. The molecule has 2 rings (SSSR count). The van der Waals surface area contributed by atoms with Crippen molar-refractivity contribution in [2.24, 2.45) is 0 Å². The van der Waals surface area contributed by atoms with Crippen molar-refractivity contribution in [3.63, 3.8) is 0 Å². The molecule has 6 heteroatoms. The molecule has 0 fully saturated rings. The summed E-state index contributed by atoms with van der Waals surface area (Å²) >= 11 is 5.92. The van der Waals surface area contributed by atoms with E-state index >= 15 is 0 Å². The Morgan fingerprint density at radius 2 is 1.73 bits per heavy atom. The van der Waals surface area contributed by atoms with Crippen LogP contribution in [0.1, 0.15) is 28.9 Å². The van der Waals surface area contributed by atoms with Gasteiger partial charge < -0.3 is 14.5 Å². The fourth-order valence-electron chi connectivity index (χ4n) is 2.34. The molecule has 0 spiro atoms. The summed E-state index contributed by atoms with van der Waals surface area (Å²) in [6, 6.07) is 14.2. The molecule has 2 aromatic rings. The highest BCUT2D eigenvalue weighted by Gasteiger charge is 2.19. The Hall–Kier alpha value is -2.53. The molecule has 0 saturated heterocycles. The van der Waals surface area contributed by atoms with Crippen LogP contribution in [0.25, 0.3) is 0 Å². The number of hydrogen-bond donors (Lipinski definition) is 0. The van der Waals surface area contributed by atoms with Gasteiger partial charge in [-0.05, 0) is 42.8 Å². The van der Waals surface area contributed by atoms with Gasteiger partial charge in [-0.1, -0.05) is 29.8 Å². The van der Waals surface area contributed by atoms with Crippen LogP contribution < -0.4 is 4.74 Å². The van der Waals surface area contributed by atoms with E-state index in [1.807, 2.05) is 31.2 Å². The summed E-state index contributed by atoms with van der Waals surface area (Å²) in [5.41, 5.74) is 1.50. The Morgan fingerprint density at radius 3 is 2.35 bits per heavy atom. The van der Waals surface area contributed by atoms with Crippen molar-refractivity contribution in [1.29, 1.82) is 0 Å². The predicted octanol–water partition coefficient (Wildman–Crippen LogP) is 3.64. The smallest absolute Gasteiger partial charge is 0.259 e. The van der Waals surface area contributed by atoms with Crippen molar-refractivity contribution in [2.45, 2.75) is 13.0 Å². The van der Waals surface area contributed by atoms with Crippen molar-refractivity contribution in [3.8, 4) is 5.75 Å². The summed E-state index contributed by atoms with van der Waals surface area (Å²) in [5.74, 6) is 0.214. The zero-order valence-corrected chi connectivity index (χ0v) is 16.2. The number of ether oxygens (including phenoxy) is 1. The average molecular weight is 375 g/mol. The topological polar surface area (TPSA) is 49.9 Å². The number of amides is 2. The fourth-order valence-corrected chi connectivity index (χ4v) is 2.46. The first-order valence-electron chi connectivity index (χ1n) is 8.25. The van der Waals surface area contributed by atoms with Gasteiger partial charge in [-0.3, -0.25) is 9.59 Å². The lowest BCUT2D eigenvalue weighted by molar-refractivity contribution is -0.130. The summed E-state index contributed by atoms with van der Waals surface area (Å²) < 4.78 is 5.48. The van der Waals surface area contributed by atoms with E-state index in [2.05, 4.69) is 0 Å². The van der Waals surface area contributed by atoms with Gasteiger partial charge in [0.1, 0.15) is 5.75 Å². The van der Waals surface area contributed by atoms with Gasteiger partial charge in [0.15, 0.2) is 6.61 Å². The van der Waals surface area contributed by atoms with E-state index in [1.54, 1.807) is 50.3 Å². The second kappa shape index (κ2) is 8.72. The Bertz CT molecular complexity index is 775. The van der Waals surface area contributed by atoms with Gasteiger partial charge in [0.25, 0.3) is 11.8 Å². The first kappa shape index (κ1) is 19.8. The van der Waals surface area contributed by atoms with Crippen molar-refractivity contribution < 1.29 is 14.3 Å². The molecule has 2 amide bonds. The minimum absolute atomic E-state index is 0.0678. The Morgan fingerprint density at radius 1 is 1.08 bits per heavy atom. The van der Waals surface area contributed by atoms with Gasteiger partial charge in [0.05, 0.1) is 6.04 Å². The van der Waals surface area contributed by atoms with E-state index in [1.165, 1.54) is 4.90 Å². The SMILES string of the molecule is C[C@@H](c1ccc(Cl)cc1)N(C)C(=O)c1cccc(OCC(=O)N(C)C)c1. The molecule has 0 radical (unpaired) electrons. The summed E-state index contributed by atoms with van der Waals surface area (Å²) in [4.78, 5) is 27.5. The molecule has 0 aromatic heterocycles. The van der Waals surface area contributed by atoms with Gasteiger partial charge in [-0.15, -0.1) is 0 Å². The normalized spacial score (nSPS) is 11.6. The Kier molecular flexibility index (Phi) is 6.64. The quantitative estimate of drug-likeness (QED) is 0.775. The molecule has 0 aliphatic heterocycles. The number of benzene rings is 2. The minimum Gasteiger partial charge on any atom is -0.484 e. The van der Waals surface area contributed by atoms with Crippen LogP contribution in [0.4, 0.5) is 0 Å². The zero-order chi connectivity index (χ0) is 19.3. The van der Waals surface area contributed by atoms with Crippen LogP contribution in [0.15, 0.2) is 48.5 Å². The third kappa shape index (κ3) is 4.99. The molecule has 0 aliphatic rings. The molecule has 2 aromatic carbocycles. The number of halogens is 1. The first-order chi connectivity index (χ1) is 12.3. The molecular formula is C20H23ClN2O3. The maximum atomic E-state index is 12.8. The van der Waals surface area contributed by atoms with Crippen LogP contribution in [-0.2, 0) is 4.79 Å². The summed E-state index contributed by atoms with van der Waals surface area (Å²) in [7, 11) is 5.09. The first-order valence-corrected chi connectivity index (χ1v) is 8.63. The number of hydrogen-bond acceptors (Lipinski definition) is 3. The maximum Gasteiger partial charge on any atom is 0.259 e. The molecule has 138 valence electrons. The van der Waals surface area contributed by atoms with Crippen molar-refractivity contribution in [2.75, 3.05) is 27.7 Å². The molecule has 0 unspecified atom stereocenters. The Labute approximate surface area is 159 Å². The standard InChI is InChI=1S/C20H23ClN2O3/c1-14(15-8-10-17(21)11-9-15)23(4)20(25)16-6-5-7-18(12-16)26-13-19(24)22(2)3/h5-12,14H,13H2,1-4H3/t14-/m0/s1. The maximum absolute atomic E-state index is 12.8. The lowest BCUT2D eigenvalue weighted by atomic mass is 10.1. The third-order valence-corrected chi connectivity index (χ3v) is 4.45. The van der Waals surface area contributed by atoms with Gasteiger partial charge in [-0.2, -0.15) is 0 Å². The second-order valence-electron chi connectivity index (χ2n) is 6.25. The number of carbonyl (C=O) groups excluding carboxylic acids is 2. The average Bonchev–Trinajstić information content (AvgIpc) is 2.65. The van der Waals surface area contributed by atoms with Crippen LogP contribution in [0.3, 0.4) is 0 Å². The number of rotatable bonds is 6. The predicted molar refractivity (Wildman–Crippen MR) is 103 cm³/mol.